The first-order chi connectivity index (χ1) is 13.7. The van der Waals surface area contributed by atoms with Gasteiger partial charge in [0, 0.05) is 43.3 Å². The second kappa shape index (κ2) is 9.01. The van der Waals surface area contributed by atoms with E-state index in [1.807, 2.05) is 6.92 Å². The Labute approximate surface area is 170 Å². The molecule has 0 amide bonds. The van der Waals surface area contributed by atoms with Gasteiger partial charge in [-0.1, -0.05) is 11.3 Å². The van der Waals surface area contributed by atoms with Crippen molar-refractivity contribution in [3.05, 3.63) is 29.3 Å². The Kier molecular flexibility index (Phi) is 6.22. The largest absolute Gasteiger partial charge is 0.466 e. The van der Waals surface area contributed by atoms with Gasteiger partial charge in [-0.25, -0.2) is 0 Å². The van der Waals surface area contributed by atoms with Crippen LogP contribution in [0, 0.1) is 5.92 Å². The monoisotopic (exact) mass is 400 g/mol. The number of ether oxygens (including phenoxy) is 1. The van der Waals surface area contributed by atoms with Crippen molar-refractivity contribution in [2.24, 2.45) is 5.92 Å². The van der Waals surface area contributed by atoms with Gasteiger partial charge in [-0.15, -0.1) is 10.2 Å². The molecule has 1 aliphatic carbocycles. The van der Waals surface area contributed by atoms with Crippen LogP contribution in [-0.2, 0) is 9.53 Å². The van der Waals surface area contributed by atoms with Crippen molar-refractivity contribution in [1.82, 2.24) is 15.5 Å². The highest BCUT2D eigenvalue weighted by molar-refractivity contribution is 7.14. The van der Waals surface area contributed by atoms with Gasteiger partial charge >= 0.3 is 5.97 Å². The number of aromatic nitrogens is 2. The summed E-state index contributed by atoms with van der Waals surface area (Å²) >= 11 is 1.69. The summed E-state index contributed by atoms with van der Waals surface area (Å²) < 4.78 is 5.17. The van der Waals surface area contributed by atoms with Gasteiger partial charge in [0.2, 0.25) is 0 Å². The molecule has 0 unspecified atom stereocenters. The Hall–Kier alpha value is -1.99. The van der Waals surface area contributed by atoms with E-state index in [1.165, 1.54) is 5.69 Å². The van der Waals surface area contributed by atoms with Crippen LogP contribution in [0.3, 0.4) is 0 Å². The fraction of sp³-hybridized carbons (Fsp3) is 0.571. The lowest BCUT2D eigenvalue weighted by molar-refractivity contribution is -0.149. The molecule has 1 aliphatic heterocycles. The van der Waals surface area contributed by atoms with E-state index in [2.05, 4.69) is 44.7 Å². The van der Waals surface area contributed by atoms with E-state index < -0.39 is 0 Å². The van der Waals surface area contributed by atoms with E-state index in [9.17, 15) is 4.79 Å². The van der Waals surface area contributed by atoms with Crippen molar-refractivity contribution < 1.29 is 9.53 Å². The standard InChI is InChI=1S/C21H28N4O2S/c1-2-27-21(26)17-5-3-15(4-6-17)19-23-24-20(28-19)16-7-9-18(10-8-16)25-13-11-22-12-14-25/h7-10,15,17,22H,2-6,11-14H2,1H3. The summed E-state index contributed by atoms with van der Waals surface area (Å²) in [6.07, 6.45) is 3.75. The van der Waals surface area contributed by atoms with E-state index in [0.29, 0.717) is 12.5 Å². The van der Waals surface area contributed by atoms with E-state index in [1.54, 1.807) is 11.3 Å². The van der Waals surface area contributed by atoms with Crippen LogP contribution in [0.4, 0.5) is 5.69 Å². The molecule has 1 N–H and O–H groups in total. The summed E-state index contributed by atoms with van der Waals surface area (Å²) in [6.45, 7) is 6.52. The molecular weight excluding hydrogens is 372 g/mol. The highest BCUT2D eigenvalue weighted by atomic mass is 32.1. The summed E-state index contributed by atoms with van der Waals surface area (Å²) in [5.74, 6) is 0.432. The Morgan fingerprint density at radius 3 is 2.54 bits per heavy atom. The summed E-state index contributed by atoms with van der Waals surface area (Å²) in [7, 11) is 0. The van der Waals surface area contributed by atoms with Crippen molar-refractivity contribution >= 4 is 23.0 Å². The average Bonchev–Trinajstić information content (AvgIpc) is 3.25. The maximum atomic E-state index is 11.9. The first-order valence-electron chi connectivity index (χ1n) is 10.3. The van der Waals surface area contributed by atoms with Crippen LogP contribution >= 0.6 is 11.3 Å². The Morgan fingerprint density at radius 1 is 1.14 bits per heavy atom. The number of carbonyl (C=O) groups excluding carboxylic acids is 1. The van der Waals surface area contributed by atoms with Crippen LogP contribution < -0.4 is 10.2 Å². The average molecular weight is 401 g/mol. The summed E-state index contributed by atoms with van der Waals surface area (Å²) in [5.41, 5.74) is 2.40. The molecule has 1 saturated carbocycles. The molecule has 1 aromatic heterocycles. The number of benzene rings is 1. The molecule has 1 saturated heterocycles. The number of anilines is 1. The fourth-order valence-electron chi connectivity index (χ4n) is 4.09. The minimum absolute atomic E-state index is 0.0384. The van der Waals surface area contributed by atoms with Gasteiger partial charge in [0.1, 0.15) is 10.0 Å². The molecule has 0 spiro atoms. The van der Waals surface area contributed by atoms with Crippen molar-refractivity contribution in [3.63, 3.8) is 0 Å². The smallest absolute Gasteiger partial charge is 0.308 e. The number of rotatable bonds is 5. The van der Waals surface area contributed by atoms with Crippen molar-refractivity contribution in [2.45, 2.75) is 38.5 Å². The first-order valence-corrected chi connectivity index (χ1v) is 11.1. The van der Waals surface area contributed by atoms with Crippen molar-refractivity contribution in [1.29, 1.82) is 0 Å². The molecular formula is C21H28N4O2S. The van der Waals surface area contributed by atoms with E-state index >= 15 is 0 Å². The summed E-state index contributed by atoms with van der Waals surface area (Å²) in [6, 6.07) is 8.68. The molecule has 2 aliphatic rings. The molecule has 2 fully saturated rings. The topological polar surface area (TPSA) is 67.3 Å². The van der Waals surface area contributed by atoms with Crippen LogP contribution in [-0.4, -0.2) is 49.0 Å². The molecule has 28 heavy (non-hydrogen) atoms. The number of esters is 1. The first kappa shape index (κ1) is 19.3. The molecule has 2 aromatic rings. The van der Waals surface area contributed by atoms with Crippen LogP contribution in [0.15, 0.2) is 24.3 Å². The molecule has 7 heteroatoms. The van der Waals surface area contributed by atoms with Gasteiger partial charge in [-0.05, 0) is 56.9 Å². The second-order valence-corrected chi connectivity index (χ2v) is 8.54. The number of hydrogen-bond donors (Lipinski definition) is 1. The molecule has 0 bridgehead atoms. The molecule has 0 radical (unpaired) electrons. The zero-order valence-corrected chi connectivity index (χ0v) is 17.2. The molecule has 0 atom stereocenters. The normalized spacial score (nSPS) is 22.8. The molecule has 150 valence electrons. The van der Waals surface area contributed by atoms with E-state index in [4.69, 9.17) is 4.74 Å². The lowest BCUT2D eigenvalue weighted by Crippen LogP contribution is -2.43. The number of nitrogens with one attached hydrogen (secondary N) is 1. The van der Waals surface area contributed by atoms with E-state index in [0.717, 1.165) is 67.4 Å². The SMILES string of the molecule is CCOC(=O)C1CCC(c2nnc(-c3ccc(N4CCNCC4)cc3)s2)CC1. The molecule has 2 heterocycles. The Morgan fingerprint density at radius 2 is 1.86 bits per heavy atom. The molecule has 1 aromatic carbocycles. The lowest BCUT2D eigenvalue weighted by Gasteiger charge is -2.29. The highest BCUT2D eigenvalue weighted by Gasteiger charge is 2.29. The predicted octanol–water partition coefficient (Wildman–Crippen LogP) is 3.45. The number of piperazine rings is 1. The third-order valence-electron chi connectivity index (χ3n) is 5.73. The maximum absolute atomic E-state index is 11.9. The van der Waals surface area contributed by atoms with Gasteiger partial charge in [0.15, 0.2) is 0 Å². The minimum Gasteiger partial charge on any atom is -0.466 e. The van der Waals surface area contributed by atoms with Gasteiger partial charge in [0.05, 0.1) is 12.5 Å². The van der Waals surface area contributed by atoms with Crippen molar-refractivity contribution in [3.8, 4) is 10.6 Å². The lowest BCUT2D eigenvalue weighted by atomic mass is 9.82. The Balaban J connectivity index is 1.37. The Bertz CT molecular complexity index is 778. The van der Waals surface area contributed by atoms with Crippen molar-refractivity contribution in [2.75, 3.05) is 37.7 Å². The van der Waals surface area contributed by atoms with Crippen LogP contribution in [0.2, 0.25) is 0 Å². The maximum Gasteiger partial charge on any atom is 0.308 e. The third-order valence-corrected chi connectivity index (χ3v) is 6.87. The van der Waals surface area contributed by atoms with E-state index in [-0.39, 0.29) is 11.9 Å². The molecule has 6 nitrogen and oxygen atoms in total. The fourth-order valence-corrected chi connectivity index (χ4v) is 5.11. The zero-order valence-electron chi connectivity index (χ0n) is 16.4. The third kappa shape index (κ3) is 4.36. The highest BCUT2D eigenvalue weighted by Crippen LogP contribution is 2.39. The number of hydrogen-bond acceptors (Lipinski definition) is 7. The van der Waals surface area contributed by atoms with Gasteiger partial charge in [-0.2, -0.15) is 0 Å². The van der Waals surface area contributed by atoms with Crippen LogP contribution in [0.5, 0.6) is 0 Å². The quantitative estimate of drug-likeness (QED) is 0.776. The number of carbonyl (C=O) groups is 1. The van der Waals surface area contributed by atoms with Gasteiger partial charge < -0.3 is 15.0 Å². The van der Waals surface area contributed by atoms with Crippen LogP contribution in [0.1, 0.15) is 43.5 Å². The second-order valence-electron chi connectivity index (χ2n) is 7.53. The molecule has 4 rings (SSSR count). The van der Waals surface area contributed by atoms with Gasteiger partial charge in [-0.3, -0.25) is 4.79 Å². The predicted molar refractivity (Wildman–Crippen MR) is 112 cm³/mol. The summed E-state index contributed by atoms with van der Waals surface area (Å²) in [4.78, 5) is 14.3. The summed E-state index contributed by atoms with van der Waals surface area (Å²) in [5, 5.41) is 14.4. The van der Waals surface area contributed by atoms with Gasteiger partial charge in [0.25, 0.3) is 0 Å². The van der Waals surface area contributed by atoms with Crippen LogP contribution in [0.25, 0.3) is 10.6 Å². The number of nitrogens with zero attached hydrogens (tertiary/aromatic N) is 3. The zero-order chi connectivity index (χ0) is 19.3. The minimum atomic E-state index is -0.0384.